The Morgan fingerprint density at radius 3 is 2.44 bits per heavy atom. The van der Waals surface area contributed by atoms with Crippen LogP contribution in [0, 0.1) is 0 Å². The third kappa shape index (κ3) is 1.65. The van der Waals surface area contributed by atoms with E-state index in [9.17, 15) is 9.90 Å². The molecule has 0 bridgehead atoms. The summed E-state index contributed by atoms with van der Waals surface area (Å²) in [5.74, 6) is 0.882. The zero-order valence-electron chi connectivity index (χ0n) is 9.32. The van der Waals surface area contributed by atoms with Gasteiger partial charge in [0.1, 0.15) is 0 Å². The molecule has 0 unspecified atom stereocenters. The van der Waals surface area contributed by atoms with Crippen molar-refractivity contribution in [3.63, 3.8) is 0 Å². The fraction of sp³-hybridized carbons (Fsp3) is 0.417. The fourth-order valence-electron chi connectivity index (χ4n) is 1.76. The van der Waals surface area contributed by atoms with Crippen LogP contribution in [-0.4, -0.2) is 25.6 Å². The largest absolute Gasteiger partial charge is 0.493 e. The van der Waals surface area contributed by atoms with Crippen molar-refractivity contribution in [1.82, 2.24) is 0 Å². The number of ether oxygens (including phenoxy) is 2. The Hall–Kier alpha value is -1.55. The molecule has 0 radical (unpaired) electrons. The predicted octanol–water partition coefficient (Wildman–Crippen LogP) is 1.50. The van der Waals surface area contributed by atoms with Crippen molar-refractivity contribution in [3.05, 3.63) is 23.3 Å². The lowest BCUT2D eigenvalue weighted by Gasteiger charge is -2.14. The lowest BCUT2D eigenvalue weighted by Crippen LogP contribution is -2.06. The maximum Gasteiger partial charge on any atom is 0.171 e. The van der Waals surface area contributed by atoms with Crippen molar-refractivity contribution in [2.24, 2.45) is 0 Å². The highest BCUT2D eigenvalue weighted by atomic mass is 16.5. The van der Waals surface area contributed by atoms with E-state index in [0.29, 0.717) is 28.9 Å². The summed E-state index contributed by atoms with van der Waals surface area (Å²) >= 11 is 0. The highest BCUT2D eigenvalue weighted by molar-refractivity contribution is 5.82. The Morgan fingerprint density at radius 1 is 1.31 bits per heavy atom. The molecule has 86 valence electrons. The minimum Gasteiger partial charge on any atom is -0.493 e. The molecular weight excluding hydrogens is 208 g/mol. The number of methoxy groups -OCH3 is 2. The number of aliphatic hydroxyl groups is 1. The molecule has 0 saturated heterocycles. The van der Waals surface area contributed by atoms with Gasteiger partial charge in [-0.25, -0.2) is 0 Å². The van der Waals surface area contributed by atoms with Gasteiger partial charge in [-0.1, -0.05) is 0 Å². The molecule has 0 aromatic heterocycles. The van der Waals surface area contributed by atoms with Gasteiger partial charge in [-0.05, 0) is 30.5 Å². The SMILES string of the molecule is COc1cc(C2(O)CC2)cc(C=O)c1OC. The van der Waals surface area contributed by atoms with Crippen LogP contribution >= 0.6 is 0 Å². The molecular formula is C12H14O4. The number of aldehydes is 1. The molecule has 4 nitrogen and oxygen atoms in total. The summed E-state index contributed by atoms with van der Waals surface area (Å²) in [5, 5.41) is 9.99. The molecule has 0 aliphatic heterocycles. The first-order chi connectivity index (χ1) is 7.64. The first-order valence-electron chi connectivity index (χ1n) is 5.08. The number of carbonyl (C=O) groups excluding carboxylic acids is 1. The normalized spacial score (nSPS) is 16.7. The van der Waals surface area contributed by atoms with Crippen molar-refractivity contribution in [1.29, 1.82) is 0 Å². The molecule has 1 aromatic carbocycles. The van der Waals surface area contributed by atoms with Gasteiger partial charge >= 0.3 is 0 Å². The van der Waals surface area contributed by atoms with Gasteiger partial charge < -0.3 is 14.6 Å². The molecule has 4 heteroatoms. The highest BCUT2D eigenvalue weighted by Crippen LogP contribution is 2.47. The Morgan fingerprint density at radius 2 is 2.00 bits per heavy atom. The fourth-order valence-corrected chi connectivity index (χ4v) is 1.76. The molecule has 0 atom stereocenters. The first-order valence-corrected chi connectivity index (χ1v) is 5.08. The van der Waals surface area contributed by atoms with Crippen LogP contribution in [0.2, 0.25) is 0 Å². The zero-order chi connectivity index (χ0) is 11.8. The summed E-state index contributed by atoms with van der Waals surface area (Å²) in [6.45, 7) is 0. The number of hydrogen-bond donors (Lipinski definition) is 1. The average molecular weight is 222 g/mol. The van der Waals surface area contributed by atoms with Crippen LogP contribution in [0.3, 0.4) is 0 Å². The Balaban J connectivity index is 2.54. The van der Waals surface area contributed by atoms with Gasteiger partial charge in [0, 0.05) is 0 Å². The van der Waals surface area contributed by atoms with Crippen LogP contribution in [0.1, 0.15) is 28.8 Å². The van der Waals surface area contributed by atoms with E-state index in [1.165, 1.54) is 14.2 Å². The Labute approximate surface area is 93.8 Å². The van der Waals surface area contributed by atoms with Crippen molar-refractivity contribution in [2.75, 3.05) is 14.2 Å². The van der Waals surface area contributed by atoms with Crippen LogP contribution < -0.4 is 9.47 Å². The second-order valence-corrected chi connectivity index (χ2v) is 3.95. The van der Waals surface area contributed by atoms with E-state index in [0.717, 1.165) is 12.8 Å². The Kier molecular flexibility index (Phi) is 2.59. The van der Waals surface area contributed by atoms with Gasteiger partial charge in [0.2, 0.25) is 0 Å². The second-order valence-electron chi connectivity index (χ2n) is 3.95. The van der Waals surface area contributed by atoms with E-state index in [-0.39, 0.29) is 0 Å². The van der Waals surface area contributed by atoms with Gasteiger partial charge in [-0.2, -0.15) is 0 Å². The van der Waals surface area contributed by atoms with Gasteiger partial charge in [-0.3, -0.25) is 4.79 Å². The molecule has 2 rings (SSSR count). The molecule has 16 heavy (non-hydrogen) atoms. The zero-order valence-corrected chi connectivity index (χ0v) is 9.32. The maximum absolute atomic E-state index is 10.9. The summed E-state index contributed by atoms with van der Waals surface area (Å²) in [6.07, 6.45) is 2.15. The van der Waals surface area contributed by atoms with E-state index in [1.54, 1.807) is 12.1 Å². The summed E-state index contributed by atoms with van der Waals surface area (Å²) in [5.41, 5.74) is 0.335. The van der Waals surface area contributed by atoms with E-state index in [4.69, 9.17) is 9.47 Å². The smallest absolute Gasteiger partial charge is 0.171 e. The molecule has 1 fully saturated rings. The van der Waals surface area contributed by atoms with Crippen LogP contribution in [-0.2, 0) is 5.60 Å². The minimum absolute atomic E-state index is 0.400. The third-order valence-electron chi connectivity index (χ3n) is 2.90. The second kappa shape index (κ2) is 3.79. The summed E-state index contributed by atoms with van der Waals surface area (Å²) in [6, 6.07) is 3.38. The lowest BCUT2D eigenvalue weighted by atomic mass is 10.0. The van der Waals surface area contributed by atoms with Crippen LogP contribution in [0.4, 0.5) is 0 Å². The number of benzene rings is 1. The molecule has 0 spiro atoms. The van der Waals surface area contributed by atoms with E-state index >= 15 is 0 Å². The molecule has 1 aliphatic rings. The predicted molar refractivity (Wildman–Crippen MR) is 58.1 cm³/mol. The summed E-state index contributed by atoms with van der Waals surface area (Å²) in [4.78, 5) is 10.9. The summed E-state index contributed by atoms with van der Waals surface area (Å²) in [7, 11) is 2.99. The van der Waals surface area contributed by atoms with E-state index in [1.807, 2.05) is 0 Å². The van der Waals surface area contributed by atoms with E-state index < -0.39 is 5.60 Å². The lowest BCUT2D eigenvalue weighted by molar-refractivity contribution is 0.111. The maximum atomic E-state index is 10.9. The quantitative estimate of drug-likeness (QED) is 0.784. The van der Waals surface area contributed by atoms with Gasteiger partial charge in [0.25, 0.3) is 0 Å². The van der Waals surface area contributed by atoms with Gasteiger partial charge in [-0.15, -0.1) is 0 Å². The monoisotopic (exact) mass is 222 g/mol. The van der Waals surface area contributed by atoms with Crippen molar-refractivity contribution >= 4 is 6.29 Å². The highest BCUT2D eigenvalue weighted by Gasteiger charge is 2.43. The number of hydrogen-bond acceptors (Lipinski definition) is 4. The third-order valence-corrected chi connectivity index (χ3v) is 2.90. The molecule has 1 N–H and O–H groups in total. The topological polar surface area (TPSA) is 55.8 Å². The molecule has 1 aromatic rings. The molecule has 1 aliphatic carbocycles. The number of rotatable bonds is 4. The van der Waals surface area contributed by atoms with Gasteiger partial charge in [0.15, 0.2) is 17.8 Å². The molecule has 0 amide bonds. The average Bonchev–Trinajstić information content (AvgIpc) is 3.06. The molecule has 0 heterocycles. The minimum atomic E-state index is -0.780. The molecule has 1 saturated carbocycles. The van der Waals surface area contributed by atoms with Crippen molar-refractivity contribution < 1.29 is 19.4 Å². The standard InChI is InChI=1S/C12H14O4/c1-15-10-6-9(12(14)3-4-12)5-8(7-13)11(10)16-2/h5-7,14H,3-4H2,1-2H3. The van der Waals surface area contributed by atoms with Crippen LogP contribution in [0.5, 0.6) is 11.5 Å². The van der Waals surface area contributed by atoms with Crippen LogP contribution in [0.25, 0.3) is 0 Å². The number of carbonyl (C=O) groups is 1. The van der Waals surface area contributed by atoms with Crippen molar-refractivity contribution in [3.8, 4) is 11.5 Å². The van der Waals surface area contributed by atoms with Crippen molar-refractivity contribution in [2.45, 2.75) is 18.4 Å². The van der Waals surface area contributed by atoms with Gasteiger partial charge in [0.05, 0.1) is 25.4 Å². The Bertz CT molecular complexity index is 421. The first kappa shape index (κ1) is 11.0. The summed E-state index contributed by atoms with van der Waals surface area (Å²) < 4.78 is 10.3. The van der Waals surface area contributed by atoms with Crippen LogP contribution in [0.15, 0.2) is 12.1 Å². The van der Waals surface area contributed by atoms with E-state index in [2.05, 4.69) is 0 Å².